The van der Waals surface area contributed by atoms with E-state index in [9.17, 15) is 4.79 Å². The fraction of sp³-hybridized carbons (Fsp3) is 0.917. The highest BCUT2D eigenvalue weighted by atomic mass is 16.4. The van der Waals surface area contributed by atoms with Crippen molar-refractivity contribution in [2.45, 2.75) is 40.0 Å². The summed E-state index contributed by atoms with van der Waals surface area (Å²) in [5, 5.41) is 8.89. The summed E-state index contributed by atoms with van der Waals surface area (Å²) in [7, 11) is 0. The first-order valence-electron chi connectivity index (χ1n) is 5.63. The number of hydrogen-bond donors (Lipinski definition) is 1. The van der Waals surface area contributed by atoms with Gasteiger partial charge in [0.1, 0.15) is 0 Å². The lowest BCUT2D eigenvalue weighted by atomic mass is 9.66. The number of carboxylic acid groups (broad SMARTS) is 1. The Balaban J connectivity index is 2.15. The second-order valence-electron chi connectivity index (χ2n) is 5.92. The lowest BCUT2D eigenvalue weighted by Crippen LogP contribution is -2.33. The number of carboxylic acids is 1. The summed E-state index contributed by atoms with van der Waals surface area (Å²) in [5.41, 5.74) is 0.386. The molecule has 14 heavy (non-hydrogen) atoms. The third kappa shape index (κ3) is 1.35. The first-order chi connectivity index (χ1) is 6.42. The van der Waals surface area contributed by atoms with Gasteiger partial charge in [-0.1, -0.05) is 20.8 Å². The molecule has 4 unspecified atom stereocenters. The maximum absolute atomic E-state index is 10.8. The second kappa shape index (κ2) is 2.98. The zero-order chi connectivity index (χ0) is 10.5. The molecule has 0 spiro atoms. The topological polar surface area (TPSA) is 37.3 Å². The highest BCUT2D eigenvalue weighted by Crippen LogP contribution is 2.61. The van der Waals surface area contributed by atoms with Crippen molar-refractivity contribution < 1.29 is 9.90 Å². The molecule has 2 nitrogen and oxygen atoms in total. The minimum Gasteiger partial charge on any atom is -0.481 e. The number of aliphatic carboxylic acids is 1. The molecular formula is C12H20O2. The summed E-state index contributed by atoms with van der Waals surface area (Å²) in [6.07, 6.45) is 2.95. The minimum absolute atomic E-state index is 0.381. The Morgan fingerprint density at radius 2 is 2.14 bits per heavy atom. The van der Waals surface area contributed by atoms with Crippen LogP contribution >= 0.6 is 0 Å². The zero-order valence-electron chi connectivity index (χ0n) is 9.29. The number of rotatable bonds is 2. The molecule has 1 N–H and O–H groups in total. The van der Waals surface area contributed by atoms with E-state index in [2.05, 4.69) is 20.8 Å². The average molecular weight is 196 g/mol. The SMILES string of the molecule is CC1C2CC(C1CC(=O)O)C(C)(C)C2. The van der Waals surface area contributed by atoms with E-state index in [1.165, 1.54) is 12.8 Å². The lowest BCUT2D eigenvalue weighted by molar-refractivity contribution is -0.139. The van der Waals surface area contributed by atoms with Crippen molar-refractivity contribution in [3.8, 4) is 0 Å². The van der Waals surface area contributed by atoms with Crippen molar-refractivity contribution in [2.24, 2.45) is 29.1 Å². The van der Waals surface area contributed by atoms with Crippen molar-refractivity contribution in [3.63, 3.8) is 0 Å². The first kappa shape index (κ1) is 10.0. The summed E-state index contributed by atoms with van der Waals surface area (Å²) in [5.74, 6) is 1.88. The predicted octanol–water partition coefficient (Wildman–Crippen LogP) is 2.78. The van der Waals surface area contributed by atoms with Crippen molar-refractivity contribution >= 4 is 5.97 Å². The summed E-state index contributed by atoms with van der Waals surface area (Å²) < 4.78 is 0. The highest BCUT2D eigenvalue weighted by Gasteiger charge is 2.54. The van der Waals surface area contributed by atoms with Crippen molar-refractivity contribution in [1.82, 2.24) is 0 Å². The second-order valence-corrected chi connectivity index (χ2v) is 5.92. The largest absolute Gasteiger partial charge is 0.481 e. The van der Waals surface area contributed by atoms with Crippen LogP contribution < -0.4 is 0 Å². The van der Waals surface area contributed by atoms with E-state index in [0.717, 1.165) is 5.92 Å². The monoisotopic (exact) mass is 196 g/mol. The van der Waals surface area contributed by atoms with Crippen LogP contribution in [0, 0.1) is 29.1 Å². The number of fused-ring (bicyclic) bond motifs is 2. The molecule has 2 saturated carbocycles. The summed E-state index contributed by atoms with van der Waals surface area (Å²) in [6, 6.07) is 0. The molecule has 2 aliphatic rings. The van der Waals surface area contributed by atoms with Gasteiger partial charge in [-0.05, 0) is 41.9 Å². The van der Waals surface area contributed by atoms with E-state index in [0.29, 0.717) is 29.6 Å². The van der Waals surface area contributed by atoms with Crippen LogP contribution in [-0.4, -0.2) is 11.1 Å². The van der Waals surface area contributed by atoms with Gasteiger partial charge in [-0.3, -0.25) is 4.79 Å². The Labute approximate surface area is 85.7 Å². The fourth-order valence-electron chi connectivity index (χ4n) is 3.96. The van der Waals surface area contributed by atoms with Crippen LogP contribution in [-0.2, 0) is 4.79 Å². The first-order valence-corrected chi connectivity index (χ1v) is 5.63. The molecule has 0 aromatic heterocycles. The van der Waals surface area contributed by atoms with Gasteiger partial charge in [0.15, 0.2) is 0 Å². The quantitative estimate of drug-likeness (QED) is 0.737. The maximum Gasteiger partial charge on any atom is 0.303 e. The van der Waals surface area contributed by atoms with Crippen LogP contribution in [0.4, 0.5) is 0 Å². The van der Waals surface area contributed by atoms with E-state index < -0.39 is 5.97 Å². The van der Waals surface area contributed by atoms with E-state index in [-0.39, 0.29) is 0 Å². The Morgan fingerprint density at radius 1 is 1.50 bits per heavy atom. The van der Waals surface area contributed by atoms with Gasteiger partial charge >= 0.3 is 5.97 Å². The van der Waals surface area contributed by atoms with Crippen molar-refractivity contribution in [2.75, 3.05) is 0 Å². The van der Waals surface area contributed by atoms with Gasteiger partial charge in [-0.15, -0.1) is 0 Å². The number of carbonyl (C=O) groups is 1. The van der Waals surface area contributed by atoms with E-state index in [1.807, 2.05) is 0 Å². The average Bonchev–Trinajstić information content (AvgIpc) is 2.47. The lowest BCUT2D eigenvalue weighted by Gasteiger charge is -2.38. The molecule has 2 rings (SSSR count). The molecule has 0 aromatic rings. The normalized spacial score (nSPS) is 44.2. The van der Waals surface area contributed by atoms with Crippen LogP contribution in [0.15, 0.2) is 0 Å². The molecule has 2 bridgehead atoms. The van der Waals surface area contributed by atoms with Gasteiger partial charge < -0.3 is 5.11 Å². The smallest absolute Gasteiger partial charge is 0.303 e. The van der Waals surface area contributed by atoms with Gasteiger partial charge in [0.25, 0.3) is 0 Å². The fourth-order valence-corrected chi connectivity index (χ4v) is 3.96. The van der Waals surface area contributed by atoms with Crippen LogP contribution in [0.1, 0.15) is 40.0 Å². The maximum atomic E-state index is 10.8. The molecule has 2 aliphatic carbocycles. The van der Waals surface area contributed by atoms with Crippen LogP contribution in [0.2, 0.25) is 0 Å². The molecule has 0 aliphatic heterocycles. The molecule has 0 heterocycles. The van der Waals surface area contributed by atoms with E-state index in [4.69, 9.17) is 5.11 Å². The third-order valence-corrected chi connectivity index (χ3v) is 4.69. The Kier molecular flexibility index (Phi) is 2.13. The van der Waals surface area contributed by atoms with E-state index >= 15 is 0 Å². The summed E-state index contributed by atoms with van der Waals surface area (Å²) in [4.78, 5) is 10.8. The molecule has 4 atom stereocenters. The summed E-state index contributed by atoms with van der Waals surface area (Å²) >= 11 is 0. The zero-order valence-corrected chi connectivity index (χ0v) is 9.29. The molecule has 0 radical (unpaired) electrons. The van der Waals surface area contributed by atoms with Gasteiger partial charge in [0.05, 0.1) is 0 Å². The van der Waals surface area contributed by atoms with Crippen LogP contribution in [0.3, 0.4) is 0 Å². The van der Waals surface area contributed by atoms with E-state index in [1.54, 1.807) is 0 Å². The molecular weight excluding hydrogens is 176 g/mol. The standard InChI is InChI=1S/C12H20O2/c1-7-8-4-10(12(2,3)6-8)9(7)5-11(13)14/h7-10H,4-6H2,1-3H3,(H,13,14). The molecule has 0 aromatic carbocycles. The predicted molar refractivity (Wildman–Crippen MR) is 54.9 cm³/mol. The molecule has 2 fully saturated rings. The Hall–Kier alpha value is -0.530. The van der Waals surface area contributed by atoms with Gasteiger partial charge in [0.2, 0.25) is 0 Å². The van der Waals surface area contributed by atoms with Gasteiger partial charge in [0, 0.05) is 6.42 Å². The van der Waals surface area contributed by atoms with Gasteiger partial charge in [-0.2, -0.15) is 0 Å². The van der Waals surface area contributed by atoms with Crippen LogP contribution in [0.25, 0.3) is 0 Å². The van der Waals surface area contributed by atoms with Gasteiger partial charge in [-0.25, -0.2) is 0 Å². The molecule has 80 valence electrons. The van der Waals surface area contributed by atoms with Crippen molar-refractivity contribution in [3.05, 3.63) is 0 Å². The third-order valence-electron chi connectivity index (χ3n) is 4.69. The summed E-state index contributed by atoms with van der Waals surface area (Å²) in [6.45, 7) is 6.85. The molecule has 0 amide bonds. The molecule has 2 heteroatoms. The Morgan fingerprint density at radius 3 is 2.64 bits per heavy atom. The Bertz CT molecular complexity index is 257. The highest BCUT2D eigenvalue weighted by molar-refractivity contribution is 5.67. The number of hydrogen-bond acceptors (Lipinski definition) is 1. The molecule has 0 saturated heterocycles. The van der Waals surface area contributed by atoms with Crippen molar-refractivity contribution in [1.29, 1.82) is 0 Å². The van der Waals surface area contributed by atoms with Crippen LogP contribution in [0.5, 0.6) is 0 Å². The minimum atomic E-state index is -0.620.